The molecule has 1 amide bonds. The van der Waals surface area contributed by atoms with Crippen LogP contribution in [-0.2, 0) is 19.1 Å². The standard InChI is InChI=1S/C26H25NO9/c1-2-34-26(33)27-13-19(11-17-3-7-21(8-4-17)35-15-23(28)29)25(32)20(14-27)12-18-5-9-22(10-6-18)36-16-24(30)31/h3-12H,2,13-16H2,1H3,(H,28,29)(H,30,31)/b19-11-,20-12-. The van der Waals surface area contributed by atoms with Gasteiger partial charge >= 0.3 is 18.0 Å². The molecule has 0 aromatic heterocycles. The van der Waals surface area contributed by atoms with Gasteiger partial charge in [-0.2, -0.15) is 0 Å². The molecule has 2 aromatic carbocycles. The van der Waals surface area contributed by atoms with Crippen molar-refractivity contribution in [2.45, 2.75) is 6.92 Å². The summed E-state index contributed by atoms with van der Waals surface area (Å²) in [4.78, 5) is 48.4. The van der Waals surface area contributed by atoms with E-state index in [1.807, 2.05) is 0 Å². The van der Waals surface area contributed by atoms with Crippen LogP contribution in [-0.4, -0.2) is 71.8 Å². The second-order valence-corrected chi connectivity index (χ2v) is 7.73. The van der Waals surface area contributed by atoms with E-state index in [2.05, 4.69) is 0 Å². The third-order valence-corrected chi connectivity index (χ3v) is 5.00. The minimum absolute atomic E-state index is 0.0637. The normalized spacial score (nSPS) is 15.6. The molecule has 1 heterocycles. The highest BCUT2D eigenvalue weighted by molar-refractivity contribution is 6.15. The van der Waals surface area contributed by atoms with E-state index in [9.17, 15) is 19.2 Å². The topological polar surface area (TPSA) is 140 Å². The van der Waals surface area contributed by atoms with Gasteiger partial charge in [0.05, 0.1) is 19.7 Å². The van der Waals surface area contributed by atoms with Crippen LogP contribution in [0.1, 0.15) is 18.1 Å². The number of nitrogens with zero attached hydrogens (tertiary/aromatic N) is 1. The van der Waals surface area contributed by atoms with Crippen LogP contribution in [0, 0.1) is 0 Å². The predicted molar refractivity (Wildman–Crippen MR) is 129 cm³/mol. The first-order valence-electron chi connectivity index (χ1n) is 11.0. The highest BCUT2D eigenvalue weighted by Gasteiger charge is 2.29. The molecule has 2 N–H and O–H groups in total. The molecule has 0 aliphatic carbocycles. The number of carbonyl (C=O) groups is 4. The number of piperidine rings is 1. The zero-order chi connectivity index (χ0) is 26.1. The number of Topliss-reactive ketones (excluding diaryl/α,β-unsaturated/α-hetero) is 1. The van der Waals surface area contributed by atoms with E-state index in [-0.39, 0.29) is 25.5 Å². The fraction of sp³-hybridized carbons (Fsp3) is 0.231. The van der Waals surface area contributed by atoms with Crippen LogP contribution in [0.2, 0.25) is 0 Å². The van der Waals surface area contributed by atoms with Crippen molar-refractivity contribution in [3.05, 3.63) is 70.8 Å². The number of carbonyl (C=O) groups excluding carboxylic acids is 2. The molecule has 1 aliphatic rings. The summed E-state index contributed by atoms with van der Waals surface area (Å²) in [5, 5.41) is 17.4. The maximum absolute atomic E-state index is 13.3. The van der Waals surface area contributed by atoms with Gasteiger partial charge in [-0.05, 0) is 54.5 Å². The van der Waals surface area contributed by atoms with Crippen LogP contribution >= 0.6 is 0 Å². The largest absolute Gasteiger partial charge is 0.482 e. The Morgan fingerprint density at radius 1 is 0.806 bits per heavy atom. The highest BCUT2D eigenvalue weighted by Crippen LogP contribution is 2.24. The van der Waals surface area contributed by atoms with Crippen molar-refractivity contribution < 1.29 is 43.6 Å². The average Bonchev–Trinajstić information content (AvgIpc) is 2.85. The molecule has 188 valence electrons. The molecule has 2 aromatic rings. The summed E-state index contributed by atoms with van der Waals surface area (Å²) in [6.07, 6.45) is 2.77. The smallest absolute Gasteiger partial charge is 0.410 e. The summed E-state index contributed by atoms with van der Waals surface area (Å²) in [7, 11) is 0. The number of amides is 1. The van der Waals surface area contributed by atoms with Crippen LogP contribution in [0.3, 0.4) is 0 Å². The lowest BCUT2D eigenvalue weighted by Crippen LogP contribution is -2.41. The number of hydrogen-bond acceptors (Lipinski definition) is 7. The minimum atomic E-state index is -1.09. The molecular weight excluding hydrogens is 470 g/mol. The van der Waals surface area contributed by atoms with Gasteiger partial charge in [0.25, 0.3) is 0 Å². The Bertz CT molecular complexity index is 1100. The molecule has 0 radical (unpaired) electrons. The van der Waals surface area contributed by atoms with E-state index < -0.39 is 31.2 Å². The molecule has 1 aliphatic heterocycles. The van der Waals surface area contributed by atoms with E-state index in [1.54, 1.807) is 67.6 Å². The number of hydrogen-bond donors (Lipinski definition) is 2. The van der Waals surface area contributed by atoms with E-state index in [1.165, 1.54) is 4.90 Å². The molecule has 0 unspecified atom stereocenters. The van der Waals surface area contributed by atoms with Crippen LogP contribution in [0.25, 0.3) is 12.2 Å². The Kier molecular flexibility index (Phi) is 8.82. The third-order valence-electron chi connectivity index (χ3n) is 5.00. The Hall–Kier alpha value is -4.60. The maximum atomic E-state index is 13.3. The fourth-order valence-corrected chi connectivity index (χ4v) is 3.40. The maximum Gasteiger partial charge on any atom is 0.410 e. The molecule has 0 spiro atoms. The molecule has 36 heavy (non-hydrogen) atoms. The number of rotatable bonds is 9. The summed E-state index contributed by atoms with van der Waals surface area (Å²) in [5.74, 6) is -1.66. The first-order chi connectivity index (χ1) is 17.2. The summed E-state index contributed by atoms with van der Waals surface area (Å²) in [6.45, 7) is 1.09. The Balaban J connectivity index is 1.84. The van der Waals surface area contributed by atoms with Crippen LogP contribution in [0.4, 0.5) is 4.79 Å². The summed E-state index contributed by atoms with van der Waals surface area (Å²) < 4.78 is 15.4. The van der Waals surface area contributed by atoms with E-state index in [0.717, 1.165) is 0 Å². The lowest BCUT2D eigenvalue weighted by atomic mass is 9.94. The van der Waals surface area contributed by atoms with Crippen LogP contribution in [0.15, 0.2) is 59.7 Å². The number of ether oxygens (including phenoxy) is 3. The second kappa shape index (κ2) is 12.2. The van der Waals surface area contributed by atoms with Gasteiger partial charge in [0, 0.05) is 11.1 Å². The number of likely N-dealkylation sites (tertiary alicyclic amines) is 1. The average molecular weight is 495 g/mol. The predicted octanol–water partition coefficient (Wildman–Crippen LogP) is 3.12. The Labute approximate surface area is 207 Å². The van der Waals surface area contributed by atoms with Crippen molar-refractivity contribution >= 4 is 36.0 Å². The third kappa shape index (κ3) is 7.45. The van der Waals surface area contributed by atoms with Gasteiger partial charge in [0.1, 0.15) is 11.5 Å². The van der Waals surface area contributed by atoms with Crippen molar-refractivity contribution in [3.8, 4) is 11.5 Å². The van der Waals surface area contributed by atoms with E-state index >= 15 is 0 Å². The molecule has 1 fully saturated rings. The fourth-order valence-electron chi connectivity index (χ4n) is 3.40. The molecule has 0 saturated carbocycles. The zero-order valence-corrected chi connectivity index (χ0v) is 19.5. The lowest BCUT2D eigenvalue weighted by Gasteiger charge is -2.29. The van der Waals surface area contributed by atoms with Crippen molar-refractivity contribution in [3.63, 3.8) is 0 Å². The van der Waals surface area contributed by atoms with E-state index in [4.69, 9.17) is 24.4 Å². The number of benzene rings is 2. The van der Waals surface area contributed by atoms with Gasteiger partial charge in [-0.3, -0.25) is 9.69 Å². The number of aliphatic carboxylic acids is 2. The van der Waals surface area contributed by atoms with Gasteiger partial charge in [-0.15, -0.1) is 0 Å². The number of ketones is 1. The minimum Gasteiger partial charge on any atom is -0.482 e. The van der Waals surface area contributed by atoms with Crippen molar-refractivity contribution in [1.29, 1.82) is 0 Å². The Morgan fingerprint density at radius 3 is 1.58 bits per heavy atom. The quantitative estimate of drug-likeness (QED) is 0.502. The van der Waals surface area contributed by atoms with Crippen molar-refractivity contribution in [2.75, 3.05) is 32.9 Å². The summed E-state index contributed by atoms with van der Waals surface area (Å²) in [5.41, 5.74) is 2.10. The molecule has 3 rings (SSSR count). The van der Waals surface area contributed by atoms with Crippen LogP contribution in [0.5, 0.6) is 11.5 Å². The molecule has 10 nitrogen and oxygen atoms in total. The Morgan fingerprint density at radius 2 is 1.22 bits per heavy atom. The number of carboxylic acid groups (broad SMARTS) is 2. The summed E-state index contributed by atoms with van der Waals surface area (Å²) in [6, 6.07) is 13.1. The van der Waals surface area contributed by atoms with Crippen molar-refractivity contribution in [2.24, 2.45) is 0 Å². The van der Waals surface area contributed by atoms with Crippen molar-refractivity contribution in [1.82, 2.24) is 4.90 Å². The van der Waals surface area contributed by atoms with Gasteiger partial charge < -0.3 is 24.4 Å². The first-order valence-corrected chi connectivity index (χ1v) is 11.0. The van der Waals surface area contributed by atoms with Gasteiger partial charge in [-0.1, -0.05) is 24.3 Å². The summed E-state index contributed by atoms with van der Waals surface area (Å²) >= 11 is 0. The van der Waals surface area contributed by atoms with Gasteiger partial charge in [-0.25, -0.2) is 14.4 Å². The lowest BCUT2D eigenvalue weighted by molar-refractivity contribution is -0.140. The zero-order valence-electron chi connectivity index (χ0n) is 19.5. The highest BCUT2D eigenvalue weighted by atomic mass is 16.6. The first kappa shape index (κ1) is 26.0. The number of carboxylic acids is 2. The monoisotopic (exact) mass is 495 g/mol. The van der Waals surface area contributed by atoms with Gasteiger partial charge in [0.2, 0.25) is 0 Å². The SMILES string of the molecule is CCOC(=O)N1C/C(=C/c2ccc(OCC(=O)O)cc2)C(=O)/C(=C\c2ccc(OCC(=O)O)cc2)C1. The molecule has 0 atom stereocenters. The van der Waals surface area contributed by atoms with Gasteiger partial charge in [0.15, 0.2) is 19.0 Å². The van der Waals surface area contributed by atoms with E-state index in [0.29, 0.717) is 33.8 Å². The molecule has 1 saturated heterocycles. The molecule has 10 heteroatoms. The molecular formula is C26H25NO9. The molecule has 0 bridgehead atoms. The van der Waals surface area contributed by atoms with Crippen LogP contribution < -0.4 is 9.47 Å². The second-order valence-electron chi connectivity index (χ2n) is 7.73.